The van der Waals surface area contributed by atoms with Gasteiger partial charge in [0.15, 0.2) is 0 Å². The van der Waals surface area contributed by atoms with Gasteiger partial charge in [0.1, 0.15) is 0 Å². The Morgan fingerprint density at radius 2 is 2.47 bits per heavy atom. The molecule has 0 saturated carbocycles. The Bertz CT molecular complexity index is 323. The van der Waals surface area contributed by atoms with Crippen molar-refractivity contribution < 1.29 is 4.79 Å². The van der Waals surface area contributed by atoms with Gasteiger partial charge in [-0.15, -0.1) is 11.3 Å². The number of hydrogen-bond acceptors (Lipinski definition) is 3. The van der Waals surface area contributed by atoms with Crippen LogP contribution in [0.25, 0.3) is 0 Å². The van der Waals surface area contributed by atoms with Gasteiger partial charge in [-0.05, 0) is 30.3 Å². The molecule has 1 saturated heterocycles. The molecule has 15 heavy (non-hydrogen) atoms. The summed E-state index contributed by atoms with van der Waals surface area (Å²) in [6.07, 6.45) is 2.20. The van der Waals surface area contributed by atoms with Crippen molar-refractivity contribution in [2.45, 2.75) is 13.0 Å². The molecule has 1 aliphatic rings. The third-order valence-corrected chi connectivity index (χ3v) is 3.32. The van der Waals surface area contributed by atoms with Crippen LogP contribution in [-0.2, 0) is 0 Å². The van der Waals surface area contributed by atoms with Gasteiger partial charge >= 0.3 is 0 Å². The number of piperidine rings is 1. The molecule has 2 atom stereocenters. The maximum atomic E-state index is 11.7. The summed E-state index contributed by atoms with van der Waals surface area (Å²) in [5.41, 5.74) is 0. The molecular formula is C11H15N2OS. The van der Waals surface area contributed by atoms with E-state index in [0.717, 1.165) is 18.0 Å². The van der Waals surface area contributed by atoms with E-state index < -0.39 is 0 Å². The molecule has 2 N–H and O–H groups in total. The van der Waals surface area contributed by atoms with E-state index in [2.05, 4.69) is 24.0 Å². The maximum Gasteiger partial charge on any atom is 0.261 e. The van der Waals surface area contributed by atoms with Crippen LogP contribution in [0.1, 0.15) is 16.6 Å². The Balaban J connectivity index is 1.89. The summed E-state index contributed by atoms with van der Waals surface area (Å²) in [6.45, 7) is 3.99. The van der Waals surface area contributed by atoms with Crippen molar-refractivity contribution in [2.24, 2.45) is 5.92 Å². The molecule has 0 aromatic carbocycles. The maximum absolute atomic E-state index is 11.7. The Morgan fingerprint density at radius 3 is 3.13 bits per heavy atom. The fourth-order valence-electron chi connectivity index (χ4n) is 1.75. The van der Waals surface area contributed by atoms with Crippen LogP contribution in [0.15, 0.2) is 17.5 Å². The van der Waals surface area contributed by atoms with E-state index in [1.54, 1.807) is 0 Å². The molecule has 2 rings (SSSR count). The smallest absolute Gasteiger partial charge is 0.261 e. The SMILES string of the molecule is CC1[CH]C(NC(=O)c2cccs2)CNC1. The molecule has 2 heterocycles. The van der Waals surface area contributed by atoms with E-state index >= 15 is 0 Å². The Labute approximate surface area is 93.9 Å². The second-order valence-electron chi connectivity index (χ2n) is 3.89. The van der Waals surface area contributed by atoms with Crippen LogP contribution in [0.4, 0.5) is 0 Å². The van der Waals surface area contributed by atoms with Gasteiger partial charge in [-0.2, -0.15) is 0 Å². The van der Waals surface area contributed by atoms with E-state index in [4.69, 9.17) is 0 Å². The van der Waals surface area contributed by atoms with Gasteiger partial charge in [-0.25, -0.2) is 0 Å². The molecule has 4 heteroatoms. The molecule has 81 valence electrons. The van der Waals surface area contributed by atoms with Crippen LogP contribution >= 0.6 is 11.3 Å². The standard InChI is InChI=1S/C11H15N2OS/c1-8-5-9(7-12-6-8)13-11(14)10-3-2-4-15-10/h2-5,8-9,12H,6-7H2,1H3,(H,13,14). The van der Waals surface area contributed by atoms with E-state index in [9.17, 15) is 4.79 Å². The summed E-state index contributed by atoms with van der Waals surface area (Å²) in [4.78, 5) is 12.5. The second kappa shape index (κ2) is 4.77. The highest BCUT2D eigenvalue weighted by atomic mass is 32.1. The van der Waals surface area contributed by atoms with Crippen LogP contribution in [0.3, 0.4) is 0 Å². The first-order chi connectivity index (χ1) is 7.25. The number of carbonyl (C=O) groups excluding carboxylic acids is 1. The third kappa shape index (κ3) is 2.79. The number of thiophene rings is 1. The topological polar surface area (TPSA) is 41.1 Å². The molecule has 1 fully saturated rings. The average Bonchev–Trinajstić information content (AvgIpc) is 2.70. The summed E-state index contributed by atoms with van der Waals surface area (Å²) in [5.74, 6) is 0.550. The minimum atomic E-state index is 0.0298. The molecule has 0 bridgehead atoms. The Morgan fingerprint density at radius 1 is 1.60 bits per heavy atom. The number of hydrogen-bond donors (Lipinski definition) is 2. The first-order valence-corrected chi connectivity index (χ1v) is 6.04. The van der Waals surface area contributed by atoms with E-state index in [0.29, 0.717) is 5.92 Å². The lowest BCUT2D eigenvalue weighted by atomic mass is 9.98. The number of nitrogens with one attached hydrogen (secondary N) is 2. The molecule has 3 nitrogen and oxygen atoms in total. The molecule has 1 aromatic heterocycles. The van der Waals surface area contributed by atoms with Crippen LogP contribution in [-0.4, -0.2) is 25.0 Å². The second-order valence-corrected chi connectivity index (χ2v) is 4.83. The highest BCUT2D eigenvalue weighted by molar-refractivity contribution is 7.12. The highest BCUT2D eigenvalue weighted by Crippen LogP contribution is 2.11. The van der Waals surface area contributed by atoms with E-state index in [-0.39, 0.29) is 11.9 Å². The van der Waals surface area contributed by atoms with Crippen molar-refractivity contribution in [2.75, 3.05) is 13.1 Å². The van der Waals surface area contributed by atoms with Gasteiger partial charge in [-0.3, -0.25) is 4.79 Å². The summed E-state index contributed by atoms with van der Waals surface area (Å²) in [5, 5.41) is 8.21. The van der Waals surface area contributed by atoms with Crippen molar-refractivity contribution >= 4 is 17.2 Å². The van der Waals surface area contributed by atoms with Crippen LogP contribution in [0, 0.1) is 12.3 Å². The van der Waals surface area contributed by atoms with Gasteiger partial charge in [0.05, 0.1) is 4.88 Å². The summed E-state index contributed by atoms with van der Waals surface area (Å²) < 4.78 is 0. The molecular weight excluding hydrogens is 208 g/mol. The quantitative estimate of drug-likeness (QED) is 0.793. The van der Waals surface area contributed by atoms with Crippen molar-refractivity contribution in [3.8, 4) is 0 Å². The first kappa shape index (κ1) is 10.6. The van der Waals surface area contributed by atoms with Gasteiger partial charge in [0, 0.05) is 12.6 Å². The predicted molar refractivity (Wildman–Crippen MR) is 61.9 cm³/mol. The minimum Gasteiger partial charge on any atom is -0.347 e. The minimum absolute atomic E-state index is 0.0298. The fraction of sp³-hybridized carbons (Fsp3) is 0.455. The summed E-state index contributed by atoms with van der Waals surface area (Å²) in [7, 11) is 0. The lowest BCUT2D eigenvalue weighted by Crippen LogP contribution is -2.48. The predicted octanol–water partition coefficient (Wildman–Crippen LogP) is 1.29. The lowest BCUT2D eigenvalue weighted by Gasteiger charge is -2.27. The largest absolute Gasteiger partial charge is 0.347 e. The molecule has 1 radical (unpaired) electrons. The summed E-state index contributed by atoms with van der Waals surface area (Å²) in [6, 6.07) is 3.90. The van der Waals surface area contributed by atoms with E-state index in [1.807, 2.05) is 17.5 Å². The van der Waals surface area contributed by atoms with Crippen molar-refractivity contribution in [3.63, 3.8) is 0 Å². The van der Waals surface area contributed by atoms with Gasteiger partial charge < -0.3 is 10.6 Å². The van der Waals surface area contributed by atoms with Gasteiger partial charge in [-0.1, -0.05) is 13.0 Å². The average molecular weight is 223 g/mol. The fourth-order valence-corrected chi connectivity index (χ4v) is 2.37. The monoisotopic (exact) mass is 223 g/mol. The lowest BCUT2D eigenvalue weighted by molar-refractivity contribution is 0.0941. The van der Waals surface area contributed by atoms with Crippen LogP contribution in [0.2, 0.25) is 0 Å². The van der Waals surface area contributed by atoms with Crippen LogP contribution in [0.5, 0.6) is 0 Å². The van der Waals surface area contributed by atoms with Crippen molar-refractivity contribution in [1.29, 1.82) is 0 Å². The van der Waals surface area contributed by atoms with Gasteiger partial charge in [0.25, 0.3) is 5.91 Å². The number of amides is 1. The van der Waals surface area contributed by atoms with Crippen LogP contribution < -0.4 is 10.6 Å². The molecule has 0 aliphatic carbocycles. The first-order valence-electron chi connectivity index (χ1n) is 5.16. The van der Waals surface area contributed by atoms with Gasteiger partial charge in [0.2, 0.25) is 0 Å². The summed E-state index contributed by atoms with van der Waals surface area (Å²) >= 11 is 1.47. The zero-order valence-corrected chi connectivity index (χ0v) is 9.51. The Hall–Kier alpha value is -0.870. The number of rotatable bonds is 2. The zero-order chi connectivity index (χ0) is 10.7. The molecule has 1 amide bonds. The molecule has 1 aliphatic heterocycles. The molecule has 0 spiro atoms. The van der Waals surface area contributed by atoms with Crippen molar-refractivity contribution in [3.05, 3.63) is 28.8 Å². The van der Waals surface area contributed by atoms with Crippen molar-refractivity contribution in [1.82, 2.24) is 10.6 Å². The highest BCUT2D eigenvalue weighted by Gasteiger charge is 2.20. The van der Waals surface area contributed by atoms with E-state index in [1.165, 1.54) is 11.3 Å². The molecule has 1 aromatic rings. The zero-order valence-electron chi connectivity index (χ0n) is 8.69. The Kier molecular flexibility index (Phi) is 3.38. The number of carbonyl (C=O) groups is 1. The normalized spacial score (nSPS) is 26.2. The molecule has 2 unspecified atom stereocenters. The third-order valence-electron chi connectivity index (χ3n) is 2.45.